The van der Waals surface area contributed by atoms with E-state index in [0.29, 0.717) is 0 Å². The van der Waals surface area contributed by atoms with Crippen LogP contribution in [0.3, 0.4) is 0 Å². The molecule has 41 heavy (non-hydrogen) atoms. The predicted octanol–water partition coefficient (Wildman–Crippen LogP) is 9.85. The minimum absolute atomic E-state index is 0.390. The lowest BCUT2D eigenvalue weighted by Crippen LogP contribution is -2.29. The molecule has 0 unspecified atom stereocenters. The molecule has 0 atom stereocenters. The summed E-state index contributed by atoms with van der Waals surface area (Å²) in [4.78, 5) is 0. The molecule has 0 radical (unpaired) electrons. The van der Waals surface area contributed by atoms with Crippen molar-refractivity contribution in [3.63, 3.8) is 0 Å². The fourth-order valence-corrected chi connectivity index (χ4v) is 7.09. The maximum Gasteiger partial charge on any atom is 0.0713 e. The van der Waals surface area contributed by atoms with E-state index >= 15 is 0 Å². The molecule has 0 heteroatoms. The Balaban J connectivity index is 1.44. The lowest BCUT2D eigenvalue weighted by molar-refractivity contribution is 0.764. The first-order valence-corrected chi connectivity index (χ1v) is 14.6. The molecule has 0 bridgehead atoms. The van der Waals surface area contributed by atoms with Crippen molar-refractivity contribution in [3.8, 4) is 11.1 Å². The number of aryl methyl sites for hydroxylation is 2. The SMILES string of the molecule is Cc1cc(C)cc(Cc2cccc(C3(c4cccc(Cc5ccccc5)c4)c4ccccc4-c4ccccc43)c2)c1. The van der Waals surface area contributed by atoms with Crippen LogP contribution in [0.15, 0.2) is 146 Å². The first kappa shape index (κ1) is 25.3. The highest BCUT2D eigenvalue weighted by atomic mass is 14.5. The van der Waals surface area contributed by atoms with Crippen LogP contribution in [0.1, 0.15) is 55.6 Å². The summed E-state index contributed by atoms with van der Waals surface area (Å²) in [6.07, 6.45) is 1.84. The first-order chi connectivity index (χ1) is 20.1. The Hall–Kier alpha value is -4.68. The third kappa shape index (κ3) is 4.50. The zero-order chi connectivity index (χ0) is 27.8. The van der Waals surface area contributed by atoms with E-state index in [2.05, 4.69) is 159 Å². The van der Waals surface area contributed by atoms with Gasteiger partial charge in [-0.15, -0.1) is 0 Å². The van der Waals surface area contributed by atoms with E-state index in [-0.39, 0.29) is 0 Å². The van der Waals surface area contributed by atoms with Crippen LogP contribution in [0, 0.1) is 13.8 Å². The van der Waals surface area contributed by atoms with Crippen LogP contribution in [-0.4, -0.2) is 0 Å². The van der Waals surface area contributed by atoms with Crippen LogP contribution in [0.4, 0.5) is 0 Å². The standard InChI is InChI=1S/C41H34/c1-29-22-30(2)24-34(23-29)26-33-15-11-17-36(28-33)41(35-16-10-14-32(27-35)25-31-12-4-3-5-13-31)39-20-8-6-18-37(39)38-19-7-9-21-40(38)41/h3-24,27-28H,25-26H2,1-2H3. The van der Waals surface area contributed by atoms with Crippen LogP contribution in [0.25, 0.3) is 11.1 Å². The highest BCUT2D eigenvalue weighted by Crippen LogP contribution is 2.56. The lowest BCUT2D eigenvalue weighted by Gasteiger charge is -2.34. The van der Waals surface area contributed by atoms with Crippen molar-refractivity contribution in [2.75, 3.05) is 0 Å². The van der Waals surface area contributed by atoms with Crippen LogP contribution < -0.4 is 0 Å². The van der Waals surface area contributed by atoms with E-state index in [1.807, 2.05) is 0 Å². The molecule has 0 saturated carbocycles. The summed E-state index contributed by atoms with van der Waals surface area (Å²) in [7, 11) is 0. The molecule has 0 N–H and O–H groups in total. The van der Waals surface area contributed by atoms with Crippen LogP contribution >= 0.6 is 0 Å². The number of fused-ring (bicyclic) bond motifs is 3. The maximum absolute atomic E-state index is 2.46. The molecule has 0 saturated heterocycles. The van der Waals surface area contributed by atoms with E-state index in [0.717, 1.165) is 12.8 Å². The predicted molar refractivity (Wildman–Crippen MR) is 172 cm³/mol. The molecule has 0 fully saturated rings. The molecule has 0 heterocycles. The van der Waals surface area contributed by atoms with Crippen molar-refractivity contribution in [3.05, 3.63) is 201 Å². The molecule has 1 aliphatic rings. The summed E-state index contributed by atoms with van der Waals surface area (Å²) in [5.74, 6) is 0. The highest BCUT2D eigenvalue weighted by molar-refractivity contribution is 5.86. The van der Waals surface area contributed by atoms with Gasteiger partial charge in [-0.25, -0.2) is 0 Å². The largest absolute Gasteiger partial charge is 0.0713 e. The van der Waals surface area contributed by atoms with Crippen LogP contribution in [0.5, 0.6) is 0 Å². The first-order valence-electron chi connectivity index (χ1n) is 14.6. The fraction of sp³-hybridized carbons (Fsp3) is 0.122. The zero-order valence-corrected chi connectivity index (χ0v) is 23.8. The van der Waals surface area contributed by atoms with Gasteiger partial charge in [0.2, 0.25) is 0 Å². The van der Waals surface area contributed by atoms with E-state index in [1.165, 1.54) is 66.8 Å². The zero-order valence-electron chi connectivity index (χ0n) is 23.8. The Kier molecular flexibility index (Phi) is 6.40. The van der Waals surface area contributed by atoms with Gasteiger partial charge in [0.25, 0.3) is 0 Å². The average molecular weight is 527 g/mol. The van der Waals surface area contributed by atoms with Gasteiger partial charge in [-0.05, 0) is 82.3 Å². The minimum Gasteiger partial charge on any atom is -0.0622 e. The third-order valence-corrected chi connectivity index (χ3v) is 8.61. The lowest BCUT2D eigenvalue weighted by atomic mass is 9.67. The summed E-state index contributed by atoms with van der Waals surface area (Å²) in [5.41, 5.74) is 15.7. The molecule has 7 rings (SSSR count). The molecule has 198 valence electrons. The van der Waals surface area contributed by atoms with Crippen LogP contribution in [0.2, 0.25) is 0 Å². The Morgan fingerprint density at radius 1 is 0.390 bits per heavy atom. The summed E-state index contributed by atoms with van der Waals surface area (Å²) in [6, 6.07) is 54.4. The third-order valence-electron chi connectivity index (χ3n) is 8.61. The Morgan fingerprint density at radius 2 is 0.854 bits per heavy atom. The summed E-state index contributed by atoms with van der Waals surface area (Å²) < 4.78 is 0. The van der Waals surface area contributed by atoms with Gasteiger partial charge in [-0.3, -0.25) is 0 Å². The smallest absolute Gasteiger partial charge is 0.0622 e. The Bertz CT molecular complexity index is 1790. The highest BCUT2D eigenvalue weighted by Gasteiger charge is 2.46. The second-order valence-electron chi connectivity index (χ2n) is 11.6. The normalized spacial score (nSPS) is 13.0. The molecule has 0 aliphatic heterocycles. The number of benzene rings is 6. The van der Waals surface area contributed by atoms with Crippen LogP contribution in [-0.2, 0) is 18.3 Å². The quantitative estimate of drug-likeness (QED) is 0.202. The van der Waals surface area contributed by atoms with Crippen molar-refractivity contribution in [1.82, 2.24) is 0 Å². The summed E-state index contributed by atoms with van der Waals surface area (Å²) in [5, 5.41) is 0. The molecule has 0 amide bonds. The van der Waals surface area contributed by atoms with Crippen molar-refractivity contribution < 1.29 is 0 Å². The van der Waals surface area contributed by atoms with Gasteiger partial charge in [0, 0.05) is 0 Å². The number of hydrogen-bond acceptors (Lipinski definition) is 0. The van der Waals surface area contributed by atoms with Gasteiger partial charge in [0.1, 0.15) is 0 Å². The topological polar surface area (TPSA) is 0 Å². The van der Waals surface area contributed by atoms with Gasteiger partial charge in [0.05, 0.1) is 5.41 Å². The van der Waals surface area contributed by atoms with Gasteiger partial charge >= 0.3 is 0 Å². The monoisotopic (exact) mass is 526 g/mol. The molecular formula is C41H34. The molecule has 6 aromatic rings. The Labute approximate surface area is 244 Å². The van der Waals surface area contributed by atoms with Crippen molar-refractivity contribution in [2.24, 2.45) is 0 Å². The summed E-state index contributed by atoms with van der Waals surface area (Å²) in [6.45, 7) is 4.38. The molecule has 0 aromatic heterocycles. The summed E-state index contributed by atoms with van der Waals surface area (Å²) >= 11 is 0. The van der Waals surface area contributed by atoms with Gasteiger partial charge < -0.3 is 0 Å². The molecule has 0 spiro atoms. The van der Waals surface area contributed by atoms with Crippen molar-refractivity contribution in [2.45, 2.75) is 32.1 Å². The number of rotatable bonds is 6. The molecule has 1 aliphatic carbocycles. The second kappa shape index (κ2) is 10.4. The van der Waals surface area contributed by atoms with Gasteiger partial charge in [-0.2, -0.15) is 0 Å². The van der Waals surface area contributed by atoms with Crippen molar-refractivity contribution >= 4 is 0 Å². The van der Waals surface area contributed by atoms with Gasteiger partial charge in [-0.1, -0.05) is 157 Å². The maximum atomic E-state index is 2.46. The van der Waals surface area contributed by atoms with E-state index in [9.17, 15) is 0 Å². The van der Waals surface area contributed by atoms with Gasteiger partial charge in [0.15, 0.2) is 0 Å². The Morgan fingerprint density at radius 3 is 1.41 bits per heavy atom. The molecular weight excluding hydrogens is 492 g/mol. The van der Waals surface area contributed by atoms with E-state index in [1.54, 1.807) is 0 Å². The average Bonchev–Trinajstić information content (AvgIpc) is 3.29. The minimum atomic E-state index is -0.390. The molecule has 0 nitrogen and oxygen atoms in total. The molecule has 6 aromatic carbocycles. The van der Waals surface area contributed by atoms with E-state index < -0.39 is 5.41 Å². The van der Waals surface area contributed by atoms with E-state index in [4.69, 9.17) is 0 Å². The second-order valence-corrected chi connectivity index (χ2v) is 11.6. The fourth-order valence-electron chi connectivity index (χ4n) is 7.09. The number of hydrogen-bond donors (Lipinski definition) is 0. The van der Waals surface area contributed by atoms with Crippen molar-refractivity contribution in [1.29, 1.82) is 0 Å².